The molecule has 0 atom stereocenters. The van der Waals surface area contributed by atoms with E-state index in [1.165, 1.54) is 0 Å². The van der Waals surface area contributed by atoms with Gasteiger partial charge < -0.3 is 0 Å². The van der Waals surface area contributed by atoms with E-state index < -0.39 is 100 Å². The lowest BCUT2D eigenvalue weighted by molar-refractivity contribution is -0.434. The predicted octanol–water partition coefficient (Wildman–Crippen LogP) is 9.70. The molecule has 0 fully saturated rings. The molecule has 0 saturated carbocycles. The third kappa shape index (κ3) is 6.62. The minimum atomic E-state index is -9.66. The smallest absolute Gasteiger partial charge is 0.227 e. The zero-order valence-electron chi connectivity index (χ0n) is 20.2. The highest BCUT2D eigenvalue weighted by atomic mass is 31.2. The number of phosphoric acid groups is 1. The molecule has 0 heterocycles. The maximum absolute atomic E-state index is 13.8. The van der Waals surface area contributed by atoms with E-state index in [0.717, 1.165) is 0 Å². The van der Waals surface area contributed by atoms with Crippen LogP contribution in [-0.4, -0.2) is 71.6 Å². The fourth-order valence-electron chi connectivity index (χ4n) is 2.02. The fraction of sp³-hybridized carbons (Fsp3) is 1.00. The number of alkyl halides is 24. The molecule has 0 unspecified atom stereocenters. The summed E-state index contributed by atoms with van der Waals surface area (Å²) in [6, 6.07) is 0. The van der Waals surface area contributed by atoms with Gasteiger partial charge in [-0.3, -0.25) is 0 Å². The number of halogens is 24. The van der Waals surface area contributed by atoms with E-state index >= 15 is 0 Å². The second kappa shape index (κ2) is 10.7. The number of rotatable bonds is 15. The first-order valence-electron chi connectivity index (χ1n) is 9.63. The van der Waals surface area contributed by atoms with Gasteiger partial charge in [-0.05, 0) is 0 Å². The second-order valence-electron chi connectivity index (χ2n) is 8.38. The van der Waals surface area contributed by atoms with Crippen LogP contribution in [0.1, 0.15) is 20.8 Å². The minimum absolute atomic E-state index is 1.38. The van der Waals surface area contributed by atoms with Crippen molar-refractivity contribution < 1.29 is 124 Å². The summed E-state index contributed by atoms with van der Waals surface area (Å²) in [5, 5.41) is 0. The Labute approximate surface area is 225 Å². The van der Waals surface area contributed by atoms with Crippen LogP contribution in [0, 0.1) is 0 Å². The molecular formula is C15H9F24O4P. The van der Waals surface area contributed by atoms with Crippen molar-refractivity contribution in [2.45, 2.75) is 92.4 Å². The van der Waals surface area contributed by atoms with E-state index in [2.05, 4.69) is 0 Å². The highest BCUT2D eigenvalue weighted by Gasteiger charge is 2.86. The van der Waals surface area contributed by atoms with Crippen LogP contribution in [0.5, 0.6) is 0 Å². The highest BCUT2D eigenvalue weighted by Crippen LogP contribution is 2.68. The summed E-state index contributed by atoms with van der Waals surface area (Å²) in [7, 11) is -9.66. The Kier molecular flexibility index (Phi) is 10.4. The molecule has 0 amide bonds. The van der Waals surface area contributed by atoms with E-state index in [-0.39, 0.29) is 0 Å². The van der Waals surface area contributed by atoms with Gasteiger partial charge in [0.05, 0.1) is 0 Å². The van der Waals surface area contributed by atoms with Gasteiger partial charge in [0, 0.05) is 20.8 Å². The van der Waals surface area contributed by atoms with Crippen LogP contribution < -0.4 is 0 Å². The van der Waals surface area contributed by atoms with Gasteiger partial charge in [0.2, 0.25) is 0 Å². The Morgan fingerprint density at radius 2 is 0.455 bits per heavy atom. The standard InChI is InChI=1S/C15H9F24O4P/c1-4(16,17)7(22,23)10(28,29)13(34,35)41-44(40,42-14(36,37)11(30,31)8(24,25)5(2,18)19)43-15(38,39)12(32,33)9(26,27)6(3,20)21/h1-3H3. The van der Waals surface area contributed by atoms with Crippen molar-refractivity contribution in [2.24, 2.45) is 0 Å². The lowest BCUT2D eigenvalue weighted by Gasteiger charge is -2.39. The van der Waals surface area contributed by atoms with Crippen molar-refractivity contribution >= 4 is 7.82 Å². The molecule has 0 aromatic carbocycles. The zero-order chi connectivity index (χ0) is 36.6. The van der Waals surface area contributed by atoms with Gasteiger partial charge in [-0.25, -0.2) is 18.1 Å². The molecule has 0 spiro atoms. The first-order valence-corrected chi connectivity index (χ1v) is 11.1. The first kappa shape index (κ1) is 42.4. The van der Waals surface area contributed by atoms with Crippen molar-refractivity contribution in [3.63, 3.8) is 0 Å². The summed E-state index contributed by atoms with van der Waals surface area (Å²) < 4.78 is 337. The van der Waals surface area contributed by atoms with E-state index in [0.29, 0.717) is 0 Å². The molecule has 0 aliphatic heterocycles. The van der Waals surface area contributed by atoms with Gasteiger partial charge in [0.25, 0.3) is 0 Å². The van der Waals surface area contributed by atoms with Gasteiger partial charge in [0.15, 0.2) is 0 Å². The van der Waals surface area contributed by atoms with E-state index in [1.54, 1.807) is 13.6 Å². The Morgan fingerprint density at radius 1 is 0.318 bits per heavy atom. The van der Waals surface area contributed by atoms with Gasteiger partial charge >= 0.3 is 79.5 Å². The molecule has 29 heteroatoms. The summed E-state index contributed by atoms with van der Waals surface area (Å²) in [5.74, 6) is -67.4. The first-order chi connectivity index (χ1) is 18.4. The van der Waals surface area contributed by atoms with Crippen molar-refractivity contribution in [2.75, 3.05) is 0 Å². The average Bonchev–Trinajstić information content (AvgIpc) is 2.68. The molecular weight excluding hydrogens is 731 g/mol. The van der Waals surface area contributed by atoms with Crippen LogP contribution in [0.25, 0.3) is 0 Å². The number of phosphoric ester groups is 1. The summed E-state index contributed by atoms with van der Waals surface area (Å²) in [5.41, 5.74) is 0. The monoisotopic (exact) mass is 740 g/mol. The van der Waals surface area contributed by atoms with E-state index in [4.69, 9.17) is 0 Å². The molecule has 0 saturated heterocycles. The lowest BCUT2D eigenvalue weighted by atomic mass is 10.1. The van der Waals surface area contributed by atoms with Crippen LogP contribution in [-0.2, 0) is 18.1 Å². The molecule has 0 aliphatic rings. The third-order valence-corrected chi connectivity index (χ3v) is 5.97. The maximum Gasteiger partial charge on any atom is 0.489 e. The van der Waals surface area contributed by atoms with Gasteiger partial charge in [-0.2, -0.15) is 105 Å². The van der Waals surface area contributed by atoms with Crippen LogP contribution in [0.15, 0.2) is 0 Å². The summed E-state index contributed by atoms with van der Waals surface area (Å²) in [6.45, 7) is -4.15. The van der Waals surface area contributed by atoms with Gasteiger partial charge in [0.1, 0.15) is 0 Å². The van der Waals surface area contributed by atoms with Crippen molar-refractivity contribution in [3.05, 3.63) is 0 Å². The summed E-state index contributed by atoms with van der Waals surface area (Å²) in [4.78, 5) is 0. The van der Waals surface area contributed by atoms with Crippen LogP contribution in [0.3, 0.4) is 0 Å². The SMILES string of the molecule is CC(F)(F)C(F)(F)C(F)(F)C(F)(F)OP(=O)(OC(F)(F)C(F)(F)C(F)(F)C(C)(F)F)OC(F)(F)C(F)(F)C(F)(F)C(C)(F)F. The summed E-state index contributed by atoms with van der Waals surface area (Å²) in [6.07, 6.45) is -24.8. The zero-order valence-corrected chi connectivity index (χ0v) is 21.0. The molecule has 44 heavy (non-hydrogen) atoms. The molecule has 0 aromatic heterocycles. The lowest BCUT2D eigenvalue weighted by Crippen LogP contribution is -2.64. The van der Waals surface area contributed by atoms with Crippen molar-refractivity contribution in [1.82, 2.24) is 0 Å². The highest BCUT2D eigenvalue weighted by molar-refractivity contribution is 7.48. The van der Waals surface area contributed by atoms with E-state index in [1.807, 2.05) is 0 Å². The molecule has 0 radical (unpaired) electrons. The largest absolute Gasteiger partial charge is 0.489 e. The quantitative estimate of drug-likeness (QED) is 0.124. The van der Waals surface area contributed by atoms with Crippen molar-refractivity contribution in [1.29, 1.82) is 0 Å². The van der Waals surface area contributed by atoms with Crippen LogP contribution >= 0.6 is 7.82 Å². The van der Waals surface area contributed by atoms with E-state index in [9.17, 15) is 110 Å². The molecule has 0 rings (SSSR count). The second-order valence-corrected chi connectivity index (χ2v) is 9.83. The minimum Gasteiger partial charge on any atom is -0.227 e. The van der Waals surface area contributed by atoms with Gasteiger partial charge in [-0.15, -0.1) is 0 Å². The molecule has 0 bridgehead atoms. The predicted molar refractivity (Wildman–Crippen MR) is 87.2 cm³/mol. The topological polar surface area (TPSA) is 44.8 Å². The van der Waals surface area contributed by atoms with Crippen LogP contribution in [0.4, 0.5) is 105 Å². The Hall–Kier alpha value is -1.57. The number of hydrogen-bond donors (Lipinski definition) is 0. The third-order valence-electron chi connectivity index (χ3n) is 4.61. The molecule has 0 aromatic rings. The molecule has 266 valence electrons. The Bertz CT molecular complexity index is 950. The normalized spacial score (nSPS) is 16.9. The van der Waals surface area contributed by atoms with Gasteiger partial charge in [-0.1, -0.05) is 0 Å². The van der Waals surface area contributed by atoms with Crippen molar-refractivity contribution in [3.8, 4) is 0 Å². The molecule has 4 nitrogen and oxygen atoms in total. The molecule has 0 aliphatic carbocycles. The Morgan fingerprint density at radius 3 is 0.568 bits per heavy atom. The fourth-order valence-corrected chi connectivity index (χ4v) is 3.32. The maximum atomic E-state index is 13.8. The average molecular weight is 740 g/mol. The number of hydrogen-bond acceptors (Lipinski definition) is 4. The Balaban J connectivity index is 7.53. The molecule has 0 N–H and O–H groups in total. The van der Waals surface area contributed by atoms with Crippen LogP contribution in [0.2, 0.25) is 0 Å². The summed E-state index contributed by atoms with van der Waals surface area (Å²) >= 11 is 0.